The van der Waals surface area contributed by atoms with Gasteiger partial charge in [-0.3, -0.25) is 4.99 Å². The predicted molar refractivity (Wildman–Crippen MR) is 115 cm³/mol. The highest BCUT2D eigenvalue weighted by atomic mass is 35.5. The molecule has 0 aliphatic rings. The van der Waals surface area contributed by atoms with Gasteiger partial charge < -0.3 is 5.11 Å². The van der Waals surface area contributed by atoms with E-state index in [4.69, 9.17) is 11.6 Å². The normalized spacial score (nSPS) is 12.4. The van der Waals surface area contributed by atoms with E-state index in [0.29, 0.717) is 17.9 Å². The monoisotopic (exact) mass is 377 g/mol. The fourth-order valence-corrected chi connectivity index (χ4v) is 3.26. The van der Waals surface area contributed by atoms with Crippen LogP contribution in [0.25, 0.3) is 0 Å². The van der Waals surface area contributed by atoms with E-state index in [1.54, 1.807) is 12.3 Å². The predicted octanol–water partition coefficient (Wildman–Crippen LogP) is 6.90. The first kappa shape index (κ1) is 19.2. The van der Waals surface area contributed by atoms with E-state index < -0.39 is 0 Å². The molecule has 1 atom stereocenters. The lowest BCUT2D eigenvalue weighted by atomic mass is 9.97. The number of aromatic hydroxyl groups is 1. The minimum absolute atomic E-state index is 0.225. The fraction of sp³-hybridized carbons (Fsp3) is 0.208. The lowest BCUT2D eigenvalue weighted by Gasteiger charge is -2.11. The first-order chi connectivity index (χ1) is 13.1. The highest BCUT2D eigenvalue weighted by Crippen LogP contribution is 2.29. The lowest BCUT2D eigenvalue weighted by Crippen LogP contribution is -1.93. The largest absolute Gasteiger partial charge is 0.507 e. The Balaban J connectivity index is 1.88. The molecule has 138 valence electrons. The zero-order chi connectivity index (χ0) is 19.2. The molecule has 0 aliphatic carbocycles. The van der Waals surface area contributed by atoms with Gasteiger partial charge in [0.05, 0.1) is 5.69 Å². The number of rotatable bonds is 6. The van der Waals surface area contributed by atoms with Crippen molar-refractivity contribution in [2.24, 2.45) is 4.99 Å². The number of benzene rings is 3. The van der Waals surface area contributed by atoms with E-state index in [1.165, 1.54) is 5.56 Å². The maximum absolute atomic E-state index is 10.2. The van der Waals surface area contributed by atoms with Crippen LogP contribution in [0.3, 0.4) is 0 Å². The standard InChI is InChI=1S/C24H24ClNO/c1-3-17(2)21-9-5-7-11-23(21)26-16-20-15-18(12-13-24(20)27)14-19-8-4-6-10-22(19)25/h4-13,15-17,27H,3,14H2,1-2H3/t17-/m1/s1. The second-order valence-corrected chi connectivity index (χ2v) is 7.19. The van der Waals surface area contributed by atoms with Gasteiger partial charge in [-0.1, -0.05) is 67.9 Å². The first-order valence-electron chi connectivity index (χ1n) is 9.26. The van der Waals surface area contributed by atoms with Gasteiger partial charge in [0, 0.05) is 16.8 Å². The van der Waals surface area contributed by atoms with Gasteiger partial charge in [-0.15, -0.1) is 0 Å². The van der Waals surface area contributed by atoms with Crippen LogP contribution in [0, 0.1) is 0 Å². The number of para-hydroxylation sites is 1. The first-order valence-corrected chi connectivity index (χ1v) is 9.64. The van der Waals surface area contributed by atoms with Crippen LogP contribution >= 0.6 is 11.6 Å². The summed E-state index contributed by atoms with van der Waals surface area (Å²) in [6.45, 7) is 4.38. The second kappa shape index (κ2) is 8.88. The molecule has 0 aliphatic heterocycles. The summed E-state index contributed by atoms with van der Waals surface area (Å²) in [6.07, 6.45) is 3.52. The molecule has 0 saturated heterocycles. The van der Waals surface area contributed by atoms with Gasteiger partial charge in [0.2, 0.25) is 0 Å². The molecule has 0 heterocycles. The summed E-state index contributed by atoms with van der Waals surface area (Å²) in [4.78, 5) is 4.66. The molecule has 1 N–H and O–H groups in total. The fourth-order valence-electron chi connectivity index (χ4n) is 3.06. The van der Waals surface area contributed by atoms with Crippen LogP contribution in [0.1, 0.15) is 48.4 Å². The Bertz CT molecular complexity index is 949. The Kier molecular flexibility index (Phi) is 6.31. The van der Waals surface area contributed by atoms with Crippen LogP contribution < -0.4 is 0 Å². The minimum atomic E-state index is 0.225. The highest BCUT2D eigenvalue weighted by Gasteiger charge is 2.08. The molecule has 0 bridgehead atoms. The van der Waals surface area contributed by atoms with Gasteiger partial charge in [0.25, 0.3) is 0 Å². The van der Waals surface area contributed by atoms with Crippen LogP contribution in [0.2, 0.25) is 5.02 Å². The SMILES string of the molecule is CC[C@@H](C)c1ccccc1N=Cc1cc(Cc2ccccc2Cl)ccc1O. The topological polar surface area (TPSA) is 32.6 Å². The number of aliphatic imine (C=N–C) groups is 1. The third kappa shape index (κ3) is 4.78. The zero-order valence-electron chi connectivity index (χ0n) is 15.7. The average Bonchev–Trinajstić information content (AvgIpc) is 2.69. The van der Waals surface area contributed by atoms with Crippen LogP contribution in [-0.4, -0.2) is 11.3 Å². The van der Waals surface area contributed by atoms with Crippen molar-refractivity contribution in [1.82, 2.24) is 0 Å². The average molecular weight is 378 g/mol. The molecule has 0 saturated carbocycles. The Labute approximate surface area is 166 Å². The van der Waals surface area contributed by atoms with E-state index in [2.05, 4.69) is 24.9 Å². The molecule has 3 aromatic rings. The van der Waals surface area contributed by atoms with Crippen molar-refractivity contribution in [3.8, 4) is 5.75 Å². The summed E-state index contributed by atoms with van der Waals surface area (Å²) in [5, 5.41) is 11.0. The van der Waals surface area contributed by atoms with Crippen LogP contribution in [-0.2, 0) is 6.42 Å². The Morgan fingerprint density at radius 2 is 1.78 bits per heavy atom. The number of nitrogens with zero attached hydrogens (tertiary/aromatic N) is 1. The molecule has 0 fully saturated rings. The molecule has 0 spiro atoms. The highest BCUT2D eigenvalue weighted by molar-refractivity contribution is 6.31. The molecule has 0 radical (unpaired) electrons. The smallest absolute Gasteiger partial charge is 0.124 e. The second-order valence-electron chi connectivity index (χ2n) is 6.79. The minimum Gasteiger partial charge on any atom is -0.507 e. The molecule has 3 rings (SSSR count). The van der Waals surface area contributed by atoms with Gasteiger partial charge in [0.15, 0.2) is 0 Å². The summed E-state index contributed by atoms with van der Waals surface area (Å²) in [5.74, 6) is 0.668. The molecule has 3 heteroatoms. The Morgan fingerprint density at radius 1 is 1.04 bits per heavy atom. The number of phenolic OH excluding ortho intramolecular Hbond substituents is 1. The van der Waals surface area contributed by atoms with Crippen molar-refractivity contribution in [3.63, 3.8) is 0 Å². The summed E-state index contributed by atoms with van der Waals surface area (Å²) in [6, 6.07) is 21.6. The molecule has 3 aromatic carbocycles. The van der Waals surface area contributed by atoms with Gasteiger partial charge >= 0.3 is 0 Å². The van der Waals surface area contributed by atoms with Crippen molar-refractivity contribution < 1.29 is 5.11 Å². The van der Waals surface area contributed by atoms with E-state index in [9.17, 15) is 5.11 Å². The van der Waals surface area contributed by atoms with Crippen molar-refractivity contribution in [2.75, 3.05) is 0 Å². The third-order valence-electron chi connectivity index (χ3n) is 4.87. The number of hydrogen-bond acceptors (Lipinski definition) is 2. The summed E-state index contributed by atoms with van der Waals surface area (Å²) in [5.41, 5.74) is 5.02. The summed E-state index contributed by atoms with van der Waals surface area (Å²) in [7, 11) is 0. The van der Waals surface area contributed by atoms with Crippen molar-refractivity contribution in [3.05, 3.63) is 94.0 Å². The summed E-state index contributed by atoms with van der Waals surface area (Å²) < 4.78 is 0. The lowest BCUT2D eigenvalue weighted by molar-refractivity contribution is 0.474. The summed E-state index contributed by atoms with van der Waals surface area (Å²) >= 11 is 6.27. The molecular formula is C24H24ClNO. The molecular weight excluding hydrogens is 354 g/mol. The zero-order valence-corrected chi connectivity index (χ0v) is 16.4. The Hall–Kier alpha value is -2.58. The van der Waals surface area contributed by atoms with E-state index in [1.807, 2.05) is 54.6 Å². The van der Waals surface area contributed by atoms with Gasteiger partial charge in [0.1, 0.15) is 5.75 Å². The number of hydrogen-bond donors (Lipinski definition) is 1. The van der Waals surface area contributed by atoms with Gasteiger partial charge in [-0.2, -0.15) is 0 Å². The molecule has 0 amide bonds. The molecule has 0 unspecified atom stereocenters. The maximum atomic E-state index is 10.2. The van der Waals surface area contributed by atoms with Crippen molar-refractivity contribution in [2.45, 2.75) is 32.6 Å². The van der Waals surface area contributed by atoms with Crippen molar-refractivity contribution >= 4 is 23.5 Å². The number of halogens is 1. The van der Waals surface area contributed by atoms with E-state index in [0.717, 1.165) is 28.3 Å². The van der Waals surface area contributed by atoms with Gasteiger partial charge in [-0.05, 0) is 59.7 Å². The molecule has 2 nitrogen and oxygen atoms in total. The van der Waals surface area contributed by atoms with E-state index >= 15 is 0 Å². The third-order valence-corrected chi connectivity index (χ3v) is 5.24. The van der Waals surface area contributed by atoms with E-state index in [-0.39, 0.29) is 5.75 Å². The maximum Gasteiger partial charge on any atom is 0.124 e. The van der Waals surface area contributed by atoms with Crippen LogP contribution in [0.4, 0.5) is 5.69 Å². The quantitative estimate of drug-likeness (QED) is 0.465. The number of phenols is 1. The molecule has 27 heavy (non-hydrogen) atoms. The Morgan fingerprint density at radius 3 is 2.56 bits per heavy atom. The van der Waals surface area contributed by atoms with Gasteiger partial charge in [-0.25, -0.2) is 0 Å². The van der Waals surface area contributed by atoms with Crippen LogP contribution in [0.15, 0.2) is 71.7 Å². The molecule has 0 aromatic heterocycles. The van der Waals surface area contributed by atoms with Crippen molar-refractivity contribution in [1.29, 1.82) is 0 Å². The van der Waals surface area contributed by atoms with Crippen LogP contribution in [0.5, 0.6) is 5.75 Å².